The number of ether oxygens (including phenoxy) is 3. The minimum Gasteiger partial charge on any atom is -0.463 e. The van der Waals surface area contributed by atoms with Crippen molar-refractivity contribution in [2.24, 2.45) is 0 Å². The van der Waals surface area contributed by atoms with Gasteiger partial charge in [0.2, 0.25) is 0 Å². The van der Waals surface area contributed by atoms with Gasteiger partial charge in [-0.15, -0.1) is 0 Å². The van der Waals surface area contributed by atoms with E-state index >= 15 is 0 Å². The van der Waals surface area contributed by atoms with E-state index in [0.29, 0.717) is 6.42 Å². The molecule has 5 heteroatoms. The van der Waals surface area contributed by atoms with Crippen molar-refractivity contribution in [3.8, 4) is 0 Å². The van der Waals surface area contributed by atoms with Crippen LogP contribution in [0.2, 0.25) is 0 Å². The predicted molar refractivity (Wildman–Crippen MR) is 82.1 cm³/mol. The molecule has 22 heavy (non-hydrogen) atoms. The molecule has 0 amide bonds. The van der Waals surface area contributed by atoms with Crippen LogP contribution in [0.25, 0.3) is 0 Å². The minimum atomic E-state index is -1.70. The first-order chi connectivity index (χ1) is 10.6. The Balaban J connectivity index is 3.00. The molecule has 122 valence electrons. The SMILES string of the molecule is CCCC(OCc1ccccc1)(C(=O)OCC)C(=O)OCC. The van der Waals surface area contributed by atoms with Crippen LogP contribution in [-0.2, 0) is 30.4 Å². The van der Waals surface area contributed by atoms with E-state index in [9.17, 15) is 9.59 Å². The fraction of sp³-hybridized carbons (Fsp3) is 0.529. The van der Waals surface area contributed by atoms with Crippen LogP contribution >= 0.6 is 0 Å². The third-order valence-electron chi connectivity index (χ3n) is 3.14. The van der Waals surface area contributed by atoms with Crippen LogP contribution in [0.1, 0.15) is 39.2 Å². The van der Waals surface area contributed by atoms with Crippen molar-refractivity contribution in [2.75, 3.05) is 13.2 Å². The van der Waals surface area contributed by atoms with Gasteiger partial charge < -0.3 is 14.2 Å². The molecule has 1 aromatic rings. The van der Waals surface area contributed by atoms with E-state index in [1.165, 1.54) is 0 Å². The maximum atomic E-state index is 12.3. The molecule has 0 aliphatic carbocycles. The summed E-state index contributed by atoms with van der Waals surface area (Å²) in [6, 6.07) is 9.36. The van der Waals surface area contributed by atoms with Crippen LogP contribution in [-0.4, -0.2) is 30.8 Å². The molecule has 0 N–H and O–H groups in total. The molecule has 5 nitrogen and oxygen atoms in total. The highest BCUT2D eigenvalue weighted by atomic mass is 16.6. The number of hydrogen-bond donors (Lipinski definition) is 0. The molecule has 0 saturated heterocycles. The third kappa shape index (κ3) is 4.56. The number of carbonyl (C=O) groups is 2. The molecule has 0 aliphatic rings. The molecule has 0 fully saturated rings. The molecule has 0 aliphatic heterocycles. The topological polar surface area (TPSA) is 61.8 Å². The summed E-state index contributed by atoms with van der Waals surface area (Å²) in [6.07, 6.45) is 0.809. The summed E-state index contributed by atoms with van der Waals surface area (Å²) in [6.45, 7) is 5.75. The van der Waals surface area contributed by atoms with Gasteiger partial charge in [0.1, 0.15) is 0 Å². The van der Waals surface area contributed by atoms with Gasteiger partial charge in [-0.25, -0.2) is 9.59 Å². The van der Waals surface area contributed by atoms with Gasteiger partial charge in [-0.3, -0.25) is 0 Å². The Hall–Kier alpha value is -1.88. The molecule has 0 heterocycles. The lowest BCUT2D eigenvalue weighted by molar-refractivity contribution is -0.194. The van der Waals surface area contributed by atoms with Gasteiger partial charge in [-0.1, -0.05) is 43.7 Å². The Kier molecular flexibility index (Phi) is 7.60. The van der Waals surface area contributed by atoms with E-state index < -0.39 is 17.5 Å². The van der Waals surface area contributed by atoms with Gasteiger partial charge in [0.25, 0.3) is 5.60 Å². The fourth-order valence-electron chi connectivity index (χ4n) is 2.11. The number of rotatable bonds is 9. The average Bonchev–Trinajstić information content (AvgIpc) is 2.53. The van der Waals surface area contributed by atoms with Crippen LogP contribution in [0.4, 0.5) is 0 Å². The fourth-order valence-corrected chi connectivity index (χ4v) is 2.11. The van der Waals surface area contributed by atoms with Gasteiger partial charge in [-0.05, 0) is 25.8 Å². The largest absolute Gasteiger partial charge is 0.463 e. The summed E-state index contributed by atoms with van der Waals surface area (Å²) < 4.78 is 15.8. The Bertz CT molecular complexity index is 451. The predicted octanol–water partition coefficient (Wildman–Crippen LogP) is 2.87. The van der Waals surface area contributed by atoms with Gasteiger partial charge in [0, 0.05) is 0 Å². The number of carbonyl (C=O) groups excluding carboxylic acids is 2. The summed E-state index contributed by atoms with van der Waals surface area (Å²) >= 11 is 0. The first-order valence-electron chi connectivity index (χ1n) is 7.63. The molecule has 0 unspecified atom stereocenters. The molecule has 0 spiro atoms. The lowest BCUT2D eigenvalue weighted by Gasteiger charge is -2.29. The highest BCUT2D eigenvalue weighted by Gasteiger charge is 2.49. The quantitative estimate of drug-likeness (QED) is 0.518. The van der Waals surface area contributed by atoms with Crippen LogP contribution in [0.3, 0.4) is 0 Å². The van der Waals surface area contributed by atoms with E-state index in [-0.39, 0.29) is 26.2 Å². The van der Waals surface area contributed by atoms with E-state index in [0.717, 1.165) is 5.56 Å². The molecule has 0 atom stereocenters. The molecule has 0 bridgehead atoms. The number of hydrogen-bond acceptors (Lipinski definition) is 5. The average molecular weight is 308 g/mol. The van der Waals surface area contributed by atoms with Crippen LogP contribution in [0, 0.1) is 0 Å². The van der Waals surface area contributed by atoms with Crippen molar-refractivity contribution in [3.05, 3.63) is 35.9 Å². The van der Waals surface area contributed by atoms with Crippen molar-refractivity contribution in [1.82, 2.24) is 0 Å². The van der Waals surface area contributed by atoms with Crippen LogP contribution in [0.5, 0.6) is 0 Å². The van der Waals surface area contributed by atoms with Crippen LogP contribution < -0.4 is 0 Å². The highest BCUT2D eigenvalue weighted by molar-refractivity contribution is 6.03. The Morgan fingerprint density at radius 3 is 1.95 bits per heavy atom. The highest BCUT2D eigenvalue weighted by Crippen LogP contribution is 2.24. The van der Waals surface area contributed by atoms with Crippen molar-refractivity contribution in [2.45, 2.75) is 45.8 Å². The lowest BCUT2D eigenvalue weighted by Crippen LogP contribution is -2.51. The second-order valence-electron chi connectivity index (χ2n) is 4.79. The maximum Gasteiger partial charge on any atom is 0.350 e. The Morgan fingerprint density at radius 1 is 0.955 bits per heavy atom. The zero-order valence-corrected chi connectivity index (χ0v) is 13.5. The standard InChI is InChI=1S/C17H24O5/c1-4-12-17(15(18)20-5-2,16(19)21-6-3)22-13-14-10-8-7-9-11-14/h7-11H,4-6,12-13H2,1-3H3. The summed E-state index contributed by atoms with van der Waals surface area (Å²) in [5.74, 6) is -1.38. The van der Waals surface area contributed by atoms with E-state index in [4.69, 9.17) is 14.2 Å². The molecular formula is C17H24O5. The second kappa shape index (κ2) is 9.20. The molecule has 1 rings (SSSR count). The van der Waals surface area contributed by atoms with Gasteiger partial charge in [0.15, 0.2) is 0 Å². The lowest BCUT2D eigenvalue weighted by atomic mass is 9.97. The maximum absolute atomic E-state index is 12.3. The molecule has 0 saturated carbocycles. The Labute approximate surface area is 131 Å². The Morgan fingerprint density at radius 2 is 1.50 bits per heavy atom. The molecule has 0 radical (unpaired) electrons. The third-order valence-corrected chi connectivity index (χ3v) is 3.14. The summed E-state index contributed by atoms with van der Waals surface area (Å²) in [4.78, 5) is 24.7. The van der Waals surface area contributed by atoms with E-state index in [2.05, 4.69) is 0 Å². The summed E-state index contributed by atoms with van der Waals surface area (Å²) in [5.41, 5.74) is -0.826. The summed E-state index contributed by atoms with van der Waals surface area (Å²) in [5, 5.41) is 0. The van der Waals surface area contributed by atoms with Gasteiger partial charge in [-0.2, -0.15) is 0 Å². The van der Waals surface area contributed by atoms with Crippen molar-refractivity contribution in [1.29, 1.82) is 0 Å². The van der Waals surface area contributed by atoms with Crippen molar-refractivity contribution in [3.63, 3.8) is 0 Å². The van der Waals surface area contributed by atoms with Gasteiger partial charge in [0.05, 0.1) is 19.8 Å². The minimum absolute atomic E-state index is 0.137. The number of esters is 2. The van der Waals surface area contributed by atoms with E-state index in [1.807, 2.05) is 37.3 Å². The second-order valence-corrected chi connectivity index (χ2v) is 4.79. The first-order valence-corrected chi connectivity index (χ1v) is 7.63. The van der Waals surface area contributed by atoms with Crippen LogP contribution in [0.15, 0.2) is 30.3 Å². The van der Waals surface area contributed by atoms with Crippen molar-refractivity contribution < 1.29 is 23.8 Å². The number of benzene rings is 1. The zero-order chi connectivity index (χ0) is 16.4. The molecule has 0 aromatic heterocycles. The molecular weight excluding hydrogens is 284 g/mol. The smallest absolute Gasteiger partial charge is 0.350 e. The van der Waals surface area contributed by atoms with Gasteiger partial charge >= 0.3 is 11.9 Å². The van der Waals surface area contributed by atoms with Crippen molar-refractivity contribution >= 4 is 11.9 Å². The monoisotopic (exact) mass is 308 g/mol. The first kappa shape index (κ1) is 18.2. The summed E-state index contributed by atoms with van der Waals surface area (Å²) in [7, 11) is 0. The molecule has 1 aromatic carbocycles. The van der Waals surface area contributed by atoms with E-state index in [1.54, 1.807) is 13.8 Å². The normalized spacial score (nSPS) is 11.0. The zero-order valence-electron chi connectivity index (χ0n) is 13.5.